The van der Waals surface area contributed by atoms with Crippen LogP contribution in [0.3, 0.4) is 0 Å². The quantitative estimate of drug-likeness (QED) is 0.408. The van der Waals surface area contributed by atoms with Crippen LogP contribution in [0.15, 0.2) is 75.9 Å². The van der Waals surface area contributed by atoms with Crippen molar-refractivity contribution in [2.75, 3.05) is 6.61 Å². The summed E-state index contributed by atoms with van der Waals surface area (Å²) in [4.78, 5) is 25.9. The number of carbonyl (C=O) groups excluding carboxylic acids is 1. The van der Waals surface area contributed by atoms with Gasteiger partial charge in [0.05, 0.1) is 5.39 Å². The molecule has 1 heterocycles. The van der Waals surface area contributed by atoms with Crippen molar-refractivity contribution in [1.29, 1.82) is 0 Å². The Hall–Kier alpha value is -3.66. The normalized spacial score (nSPS) is 10.9. The van der Waals surface area contributed by atoms with E-state index < -0.39 is 0 Å². The van der Waals surface area contributed by atoms with E-state index in [0.717, 1.165) is 22.3 Å². The van der Waals surface area contributed by atoms with Gasteiger partial charge in [0, 0.05) is 11.1 Å². The van der Waals surface area contributed by atoms with E-state index in [2.05, 4.69) is 0 Å². The van der Waals surface area contributed by atoms with Crippen LogP contribution < -0.4 is 10.2 Å². The summed E-state index contributed by atoms with van der Waals surface area (Å²) >= 11 is 0. The van der Waals surface area contributed by atoms with Gasteiger partial charge in [0.25, 0.3) is 0 Å². The second-order valence-corrected chi connectivity index (χ2v) is 7.49. The molecule has 4 nitrogen and oxygen atoms in total. The molecule has 0 aliphatic heterocycles. The van der Waals surface area contributed by atoms with E-state index in [1.165, 1.54) is 0 Å². The Balaban J connectivity index is 1.84. The third-order valence-electron chi connectivity index (χ3n) is 5.04. The maximum atomic E-state index is 13.3. The van der Waals surface area contributed by atoms with E-state index in [-0.39, 0.29) is 23.6 Å². The average molecular weight is 398 g/mol. The van der Waals surface area contributed by atoms with E-state index in [1.54, 1.807) is 30.3 Å². The van der Waals surface area contributed by atoms with E-state index in [9.17, 15) is 9.59 Å². The number of rotatable bonds is 5. The van der Waals surface area contributed by atoms with Gasteiger partial charge in [0.1, 0.15) is 5.58 Å². The Morgan fingerprint density at radius 3 is 2.30 bits per heavy atom. The smallest absolute Gasteiger partial charge is 0.235 e. The van der Waals surface area contributed by atoms with Gasteiger partial charge in [0.15, 0.2) is 18.2 Å². The van der Waals surface area contributed by atoms with Gasteiger partial charge in [-0.25, -0.2) is 0 Å². The van der Waals surface area contributed by atoms with Crippen LogP contribution in [-0.4, -0.2) is 12.4 Å². The Morgan fingerprint density at radius 1 is 0.900 bits per heavy atom. The Morgan fingerprint density at radius 2 is 1.60 bits per heavy atom. The van der Waals surface area contributed by atoms with E-state index in [1.807, 2.05) is 57.2 Å². The number of hydrogen-bond acceptors (Lipinski definition) is 4. The summed E-state index contributed by atoms with van der Waals surface area (Å²) in [5.74, 6) is 0.186. The first-order chi connectivity index (χ1) is 14.4. The molecule has 4 heteroatoms. The number of hydrogen-bond donors (Lipinski definition) is 0. The van der Waals surface area contributed by atoms with Gasteiger partial charge in [-0.3, -0.25) is 9.59 Å². The molecule has 0 radical (unpaired) electrons. The van der Waals surface area contributed by atoms with Gasteiger partial charge in [-0.15, -0.1) is 0 Å². The highest BCUT2D eigenvalue weighted by molar-refractivity contribution is 5.97. The minimum absolute atomic E-state index is 0.0561. The van der Waals surface area contributed by atoms with Crippen molar-refractivity contribution in [2.24, 2.45) is 0 Å². The van der Waals surface area contributed by atoms with Gasteiger partial charge < -0.3 is 9.15 Å². The topological polar surface area (TPSA) is 56.5 Å². The van der Waals surface area contributed by atoms with Crippen LogP contribution in [0.5, 0.6) is 5.75 Å². The summed E-state index contributed by atoms with van der Waals surface area (Å²) < 4.78 is 12.0. The highest BCUT2D eigenvalue weighted by atomic mass is 16.5. The van der Waals surface area contributed by atoms with Crippen LogP contribution in [0.25, 0.3) is 22.3 Å². The molecule has 4 aromatic rings. The Kier molecular flexibility index (Phi) is 5.23. The lowest BCUT2D eigenvalue weighted by molar-refractivity contribution is 0.0920. The fourth-order valence-electron chi connectivity index (χ4n) is 3.50. The maximum Gasteiger partial charge on any atom is 0.235 e. The molecule has 0 spiro atoms. The first-order valence-electron chi connectivity index (χ1n) is 9.80. The minimum atomic E-state index is -0.278. The second-order valence-electron chi connectivity index (χ2n) is 7.49. The van der Waals surface area contributed by atoms with Gasteiger partial charge in [-0.2, -0.15) is 0 Å². The number of Topliss-reactive ketones (excluding diaryl/α,β-unsaturated/α-hetero) is 1. The van der Waals surface area contributed by atoms with Gasteiger partial charge in [0.2, 0.25) is 11.2 Å². The monoisotopic (exact) mass is 398 g/mol. The van der Waals surface area contributed by atoms with Crippen LogP contribution in [0.4, 0.5) is 0 Å². The van der Waals surface area contributed by atoms with Gasteiger partial charge >= 0.3 is 0 Å². The van der Waals surface area contributed by atoms with Crippen molar-refractivity contribution in [3.63, 3.8) is 0 Å². The first-order valence-corrected chi connectivity index (χ1v) is 9.80. The molecule has 0 amide bonds. The molecule has 0 N–H and O–H groups in total. The van der Waals surface area contributed by atoms with Crippen molar-refractivity contribution >= 4 is 16.8 Å². The molecule has 3 aromatic carbocycles. The average Bonchev–Trinajstić information content (AvgIpc) is 2.74. The molecule has 0 aliphatic carbocycles. The number of benzene rings is 3. The van der Waals surface area contributed by atoms with Crippen molar-refractivity contribution in [3.05, 3.63) is 99.2 Å². The molecule has 0 unspecified atom stereocenters. The fourth-order valence-corrected chi connectivity index (χ4v) is 3.50. The lowest BCUT2D eigenvalue weighted by Crippen LogP contribution is -2.17. The highest BCUT2D eigenvalue weighted by Crippen LogP contribution is 2.32. The number of fused-ring (bicyclic) bond motifs is 1. The standard InChI is InChI=1S/C26H22O4/c1-16-9-11-20(12-10-16)25-26(29-15-22(27)19-7-5-4-6-8-19)23(28)21-14-17(2)13-18(3)24(21)30-25/h4-14H,15H2,1-3H3. The summed E-state index contributed by atoms with van der Waals surface area (Å²) in [7, 11) is 0. The molecule has 0 aliphatic rings. The van der Waals surface area contributed by atoms with Crippen molar-refractivity contribution in [2.45, 2.75) is 20.8 Å². The van der Waals surface area contributed by atoms with Crippen LogP contribution in [-0.2, 0) is 0 Å². The fraction of sp³-hybridized carbons (Fsp3) is 0.154. The largest absolute Gasteiger partial charge is 0.478 e. The molecular weight excluding hydrogens is 376 g/mol. The predicted octanol–water partition coefficient (Wildman–Crippen LogP) is 5.65. The molecule has 150 valence electrons. The summed E-state index contributed by atoms with van der Waals surface area (Å²) in [5.41, 5.74) is 4.44. The summed E-state index contributed by atoms with van der Waals surface area (Å²) in [6.07, 6.45) is 0. The number of ketones is 1. The molecular formula is C26H22O4. The lowest BCUT2D eigenvalue weighted by Gasteiger charge is -2.13. The molecule has 0 bridgehead atoms. The van der Waals surface area contributed by atoms with E-state index in [4.69, 9.17) is 9.15 Å². The van der Waals surface area contributed by atoms with E-state index in [0.29, 0.717) is 22.3 Å². The molecule has 0 saturated heterocycles. The summed E-state index contributed by atoms with van der Waals surface area (Å²) in [6, 6.07) is 20.3. The van der Waals surface area contributed by atoms with Crippen molar-refractivity contribution in [3.8, 4) is 17.1 Å². The molecule has 0 saturated carbocycles. The zero-order chi connectivity index (χ0) is 21.3. The lowest BCUT2D eigenvalue weighted by atomic mass is 10.0. The number of ether oxygens (including phenoxy) is 1. The predicted molar refractivity (Wildman–Crippen MR) is 118 cm³/mol. The molecule has 30 heavy (non-hydrogen) atoms. The highest BCUT2D eigenvalue weighted by Gasteiger charge is 2.20. The van der Waals surface area contributed by atoms with Crippen LogP contribution >= 0.6 is 0 Å². The van der Waals surface area contributed by atoms with Gasteiger partial charge in [-0.1, -0.05) is 66.2 Å². The van der Waals surface area contributed by atoms with Crippen molar-refractivity contribution < 1.29 is 13.9 Å². The third-order valence-corrected chi connectivity index (χ3v) is 5.04. The van der Waals surface area contributed by atoms with Crippen LogP contribution in [0.2, 0.25) is 0 Å². The SMILES string of the molecule is Cc1ccc(-c2oc3c(C)cc(C)cc3c(=O)c2OCC(=O)c2ccccc2)cc1. The van der Waals surface area contributed by atoms with Gasteiger partial charge in [-0.05, 0) is 38.0 Å². The minimum Gasteiger partial charge on any atom is -0.478 e. The molecule has 0 atom stereocenters. The number of carbonyl (C=O) groups is 1. The third kappa shape index (κ3) is 3.77. The Bertz CT molecular complexity index is 1280. The van der Waals surface area contributed by atoms with E-state index >= 15 is 0 Å². The zero-order valence-corrected chi connectivity index (χ0v) is 17.2. The van der Waals surface area contributed by atoms with Crippen molar-refractivity contribution in [1.82, 2.24) is 0 Å². The maximum absolute atomic E-state index is 13.3. The molecule has 0 fully saturated rings. The molecule has 1 aromatic heterocycles. The van der Waals surface area contributed by atoms with Crippen LogP contribution in [0.1, 0.15) is 27.0 Å². The summed E-state index contributed by atoms with van der Waals surface area (Å²) in [6.45, 7) is 5.59. The summed E-state index contributed by atoms with van der Waals surface area (Å²) in [5, 5.41) is 0.450. The second kappa shape index (κ2) is 7.99. The zero-order valence-electron chi connectivity index (χ0n) is 17.2. The number of aryl methyl sites for hydroxylation is 3. The molecule has 4 rings (SSSR count). The Labute approximate surface area is 174 Å². The van der Waals surface area contributed by atoms with Crippen LogP contribution in [0, 0.1) is 20.8 Å². The first kappa shape index (κ1) is 19.6.